The normalized spacial score (nSPS) is 12.8. The standard InChI is InChI=1S/C76H143NO5/c1-3-5-7-9-11-13-15-17-46-50-54-58-62-66-70-76(81)82-71-67-63-59-55-51-47-44-42-40-38-36-34-32-30-28-26-24-22-20-18-19-21-23-25-27-29-31-33-35-37-39-41-43-45-49-53-57-61-65-69-75(80)77-73(72-78)74(79)68-64-60-56-52-48-16-14-12-10-8-6-4-2/h15,17-19,22,24,64,68,73-74,78-79H,3-14,16,20-21,23,25-63,65-67,69-72H2,1-2H3,(H,77,80)/b17-15-,19-18-,24-22-,68-64+. The van der Waals surface area contributed by atoms with Gasteiger partial charge in [0.1, 0.15) is 0 Å². The Bertz CT molecular complexity index is 1370. The zero-order valence-electron chi connectivity index (χ0n) is 55.2. The highest BCUT2D eigenvalue weighted by Crippen LogP contribution is 2.18. The number of esters is 1. The Kier molecular flexibility index (Phi) is 69.4. The van der Waals surface area contributed by atoms with E-state index in [1.807, 2.05) is 6.08 Å². The topological polar surface area (TPSA) is 95.9 Å². The summed E-state index contributed by atoms with van der Waals surface area (Å²) >= 11 is 0. The molecule has 0 spiro atoms. The molecule has 6 nitrogen and oxygen atoms in total. The van der Waals surface area contributed by atoms with Crippen LogP contribution in [0.15, 0.2) is 48.6 Å². The average molecular weight is 1150 g/mol. The molecule has 0 radical (unpaired) electrons. The first-order valence-corrected chi connectivity index (χ1v) is 36.9. The molecule has 0 rings (SSSR count). The van der Waals surface area contributed by atoms with Crippen molar-refractivity contribution in [2.75, 3.05) is 13.2 Å². The van der Waals surface area contributed by atoms with Crippen LogP contribution in [-0.2, 0) is 14.3 Å². The van der Waals surface area contributed by atoms with Crippen molar-refractivity contribution >= 4 is 11.9 Å². The molecule has 0 saturated heterocycles. The Morgan fingerprint density at radius 1 is 0.341 bits per heavy atom. The molecular formula is C76H143NO5. The van der Waals surface area contributed by atoms with Crippen LogP contribution in [0.3, 0.4) is 0 Å². The first kappa shape index (κ1) is 79.8. The molecule has 82 heavy (non-hydrogen) atoms. The Hall–Kier alpha value is -2.18. The second kappa shape index (κ2) is 71.3. The molecule has 0 aromatic carbocycles. The predicted molar refractivity (Wildman–Crippen MR) is 361 cm³/mol. The molecule has 482 valence electrons. The molecule has 0 heterocycles. The number of carbonyl (C=O) groups is 2. The van der Waals surface area contributed by atoms with Crippen molar-refractivity contribution in [1.29, 1.82) is 0 Å². The lowest BCUT2D eigenvalue weighted by Gasteiger charge is -2.20. The second-order valence-corrected chi connectivity index (χ2v) is 25.3. The number of nitrogens with one attached hydrogen (secondary N) is 1. The summed E-state index contributed by atoms with van der Waals surface area (Å²) in [4.78, 5) is 24.5. The minimum Gasteiger partial charge on any atom is -0.466 e. The highest BCUT2D eigenvalue weighted by molar-refractivity contribution is 5.76. The smallest absolute Gasteiger partial charge is 0.305 e. The number of hydrogen-bond acceptors (Lipinski definition) is 5. The molecule has 2 unspecified atom stereocenters. The van der Waals surface area contributed by atoms with E-state index in [0.717, 1.165) is 51.4 Å². The van der Waals surface area contributed by atoms with Crippen molar-refractivity contribution in [3.8, 4) is 0 Å². The predicted octanol–water partition coefficient (Wildman–Crippen LogP) is 24.0. The molecule has 0 fully saturated rings. The third kappa shape index (κ3) is 67.0. The van der Waals surface area contributed by atoms with Crippen molar-refractivity contribution in [3.63, 3.8) is 0 Å². The lowest BCUT2D eigenvalue weighted by atomic mass is 10.0. The van der Waals surface area contributed by atoms with Crippen LogP contribution in [0.1, 0.15) is 399 Å². The number of aliphatic hydroxyl groups excluding tert-OH is 2. The molecule has 1 amide bonds. The van der Waals surface area contributed by atoms with Gasteiger partial charge in [-0.05, 0) is 89.9 Å². The lowest BCUT2D eigenvalue weighted by molar-refractivity contribution is -0.143. The Labute approximate surface area is 512 Å². The summed E-state index contributed by atoms with van der Waals surface area (Å²) in [6.45, 7) is 4.91. The van der Waals surface area contributed by atoms with Crippen LogP contribution >= 0.6 is 0 Å². The molecular weight excluding hydrogens is 1010 g/mol. The van der Waals surface area contributed by atoms with Crippen molar-refractivity contribution in [1.82, 2.24) is 5.32 Å². The first-order chi connectivity index (χ1) is 40.5. The largest absolute Gasteiger partial charge is 0.466 e. The molecule has 0 aliphatic heterocycles. The molecule has 0 aromatic heterocycles. The Morgan fingerprint density at radius 3 is 0.939 bits per heavy atom. The number of hydrogen-bond donors (Lipinski definition) is 3. The summed E-state index contributed by atoms with van der Waals surface area (Å²) in [6.07, 6.45) is 93.7. The molecule has 0 saturated carbocycles. The number of allylic oxidation sites excluding steroid dienone is 7. The van der Waals surface area contributed by atoms with Gasteiger partial charge in [-0.1, -0.05) is 345 Å². The third-order valence-electron chi connectivity index (χ3n) is 17.1. The summed E-state index contributed by atoms with van der Waals surface area (Å²) in [6, 6.07) is -0.625. The van der Waals surface area contributed by atoms with Crippen LogP contribution in [0.4, 0.5) is 0 Å². The van der Waals surface area contributed by atoms with Gasteiger partial charge in [0.25, 0.3) is 0 Å². The van der Waals surface area contributed by atoms with Gasteiger partial charge in [0.2, 0.25) is 5.91 Å². The minimum absolute atomic E-state index is 0.0117. The van der Waals surface area contributed by atoms with Gasteiger partial charge in [-0.15, -0.1) is 0 Å². The fourth-order valence-electron chi connectivity index (χ4n) is 11.4. The maximum absolute atomic E-state index is 12.5. The maximum atomic E-state index is 12.5. The van der Waals surface area contributed by atoms with E-state index in [9.17, 15) is 19.8 Å². The van der Waals surface area contributed by atoms with Crippen molar-refractivity contribution in [2.45, 2.75) is 411 Å². The van der Waals surface area contributed by atoms with E-state index in [2.05, 4.69) is 55.6 Å². The monoisotopic (exact) mass is 1150 g/mol. The average Bonchev–Trinajstić information content (AvgIpc) is 3.48. The highest BCUT2D eigenvalue weighted by atomic mass is 16.5. The van der Waals surface area contributed by atoms with Crippen LogP contribution in [0.2, 0.25) is 0 Å². The fourth-order valence-corrected chi connectivity index (χ4v) is 11.4. The Balaban J connectivity index is 3.35. The van der Waals surface area contributed by atoms with Crippen LogP contribution in [0.25, 0.3) is 0 Å². The van der Waals surface area contributed by atoms with Crippen molar-refractivity contribution < 1.29 is 24.5 Å². The van der Waals surface area contributed by atoms with E-state index >= 15 is 0 Å². The van der Waals surface area contributed by atoms with E-state index in [-0.39, 0.29) is 18.5 Å². The first-order valence-electron chi connectivity index (χ1n) is 36.9. The highest BCUT2D eigenvalue weighted by Gasteiger charge is 2.18. The van der Waals surface area contributed by atoms with Gasteiger partial charge in [0.15, 0.2) is 0 Å². The van der Waals surface area contributed by atoms with Gasteiger partial charge in [0.05, 0.1) is 25.4 Å². The van der Waals surface area contributed by atoms with Crippen LogP contribution in [-0.4, -0.2) is 47.4 Å². The molecule has 0 aliphatic carbocycles. The van der Waals surface area contributed by atoms with Gasteiger partial charge in [-0.25, -0.2) is 0 Å². The van der Waals surface area contributed by atoms with Gasteiger partial charge in [0, 0.05) is 12.8 Å². The zero-order valence-corrected chi connectivity index (χ0v) is 55.2. The molecule has 0 bridgehead atoms. The van der Waals surface area contributed by atoms with Gasteiger partial charge in [-0.3, -0.25) is 9.59 Å². The molecule has 0 aromatic rings. The number of ether oxygens (including phenoxy) is 1. The quantitative estimate of drug-likeness (QED) is 0.0320. The van der Waals surface area contributed by atoms with E-state index in [0.29, 0.717) is 19.4 Å². The maximum Gasteiger partial charge on any atom is 0.305 e. The minimum atomic E-state index is -0.841. The molecule has 2 atom stereocenters. The molecule has 0 aliphatic rings. The van der Waals surface area contributed by atoms with Gasteiger partial charge in [-0.2, -0.15) is 0 Å². The summed E-state index contributed by atoms with van der Waals surface area (Å²) in [5.41, 5.74) is 0. The van der Waals surface area contributed by atoms with Crippen LogP contribution in [0.5, 0.6) is 0 Å². The van der Waals surface area contributed by atoms with Crippen molar-refractivity contribution in [2.24, 2.45) is 0 Å². The number of amides is 1. The number of unbranched alkanes of at least 4 members (excludes halogenated alkanes) is 52. The SMILES string of the molecule is CCCCCCC/C=C\CCCCCCCC(=O)OCCCCCCCCCCCCCCCCC/C=C\C/C=C\CCCCCCCCCCCCCCCCCCCC(=O)NC(CO)C(O)/C=C/CCCCCCCCCCCC. The molecule has 6 heteroatoms. The summed E-state index contributed by atoms with van der Waals surface area (Å²) in [5, 5.41) is 23.1. The molecule has 3 N–H and O–H groups in total. The van der Waals surface area contributed by atoms with E-state index < -0.39 is 12.1 Å². The van der Waals surface area contributed by atoms with E-state index in [4.69, 9.17) is 4.74 Å². The number of carbonyl (C=O) groups excluding carboxylic acids is 2. The summed E-state index contributed by atoms with van der Waals surface area (Å²) in [7, 11) is 0. The number of rotatable bonds is 69. The third-order valence-corrected chi connectivity index (χ3v) is 17.1. The number of aliphatic hydroxyl groups is 2. The van der Waals surface area contributed by atoms with Crippen molar-refractivity contribution in [3.05, 3.63) is 48.6 Å². The summed E-state index contributed by atoms with van der Waals surface area (Å²) in [5.74, 6) is -0.0527. The Morgan fingerprint density at radius 2 is 0.610 bits per heavy atom. The van der Waals surface area contributed by atoms with Gasteiger partial charge >= 0.3 is 5.97 Å². The van der Waals surface area contributed by atoms with E-state index in [1.54, 1.807) is 6.08 Å². The van der Waals surface area contributed by atoms with Crippen LogP contribution in [0, 0.1) is 0 Å². The second-order valence-electron chi connectivity index (χ2n) is 25.3. The zero-order chi connectivity index (χ0) is 59.2. The van der Waals surface area contributed by atoms with E-state index in [1.165, 1.54) is 321 Å². The van der Waals surface area contributed by atoms with Crippen LogP contribution < -0.4 is 5.32 Å². The lowest BCUT2D eigenvalue weighted by Crippen LogP contribution is -2.45. The van der Waals surface area contributed by atoms with Gasteiger partial charge < -0.3 is 20.3 Å². The summed E-state index contributed by atoms with van der Waals surface area (Å²) < 4.78 is 5.49. The fraction of sp³-hybridized carbons (Fsp3) is 0.868.